The third kappa shape index (κ3) is 6.23. The summed E-state index contributed by atoms with van der Waals surface area (Å²) in [6, 6.07) is 6.14. The first-order valence-electron chi connectivity index (χ1n) is 9.32. The van der Waals surface area contributed by atoms with Crippen LogP contribution in [0.2, 0.25) is 0 Å². The van der Waals surface area contributed by atoms with E-state index in [0.717, 1.165) is 50.0 Å². The Morgan fingerprint density at radius 3 is 2.31 bits per heavy atom. The summed E-state index contributed by atoms with van der Waals surface area (Å²) in [7, 11) is 1.67. The zero-order valence-electron chi connectivity index (χ0n) is 15.6. The highest BCUT2D eigenvalue weighted by molar-refractivity contribution is 7.99. The molecule has 146 valence electrons. The lowest BCUT2D eigenvalue weighted by atomic mass is 10.2. The van der Waals surface area contributed by atoms with Gasteiger partial charge >= 0.3 is 0 Å². The van der Waals surface area contributed by atoms with Crippen LogP contribution in [0.25, 0.3) is 0 Å². The molecule has 0 radical (unpaired) electrons. The molecule has 3 rings (SSSR count). The number of hydrogen-bond acceptors (Lipinski definition) is 7. The quantitative estimate of drug-likeness (QED) is 0.719. The van der Waals surface area contributed by atoms with Crippen molar-refractivity contribution in [1.82, 2.24) is 9.80 Å². The van der Waals surface area contributed by atoms with Gasteiger partial charge in [-0.2, -0.15) is 23.5 Å². The summed E-state index contributed by atoms with van der Waals surface area (Å²) >= 11 is 4.01. The van der Waals surface area contributed by atoms with Crippen LogP contribution in [0.15, 0.2) is 18.2 Å². The van der Waals surface area contributed by atoms with E-state index in [-0.39, 0.29) is 0 Å². The second-order valence-corrected chi connectivity index (χ2v) is 9.20. The van der Waals surface area contributed by atoms with Gasteiger partial charge in [-0.1, -0.05) is 6.07 Å². The lowest BCUT2D eigenvalue weighted by Crippen LogP contribution is -2.40. The standard InChI is InChI=1S/C19H30N2O3S2/c1-23-19-12-16(13-20-4-8-25-9-5-20)2-3-18(19)24-15-17(22)14-21-6-10-26-11-7-21/h2-3,12,17,22H,4-11,13-15H2,1H3/t17-/m1/s1. The van der Waals surface area contributed by atoms with Crippen LogP contribution >= 0.6 is 23.5 Å². The van der Waals surface area contributed by atoms with Crippen LogP contribution in [0.1, 0.15) is 5.56 Å². The number of nitrogens with zero attached hydrogens (tertiary/aromatic N) is 2. The molecule has 26 heavy (non-hydrogen) atoms. The molecule has 1 atom stereocenters. The molecular formula is C19H30N2O3S2. The van der Waals surface area contributed by atoms with Crippen molar-refractivity contribution in [3.05, 3.63) is 23.8 Å². The van der Waals surface area contributed by atoms with Crippen molar-refractivity contribution in [3.8, 4) is 11.5 Å². The van der Waals surface area contributed by atoms with Crippen LogP contribution in [-0.4, -0.2) is 90.5 Å². The Balaban J connectivity index is 1.50. The van der Waals surface area contributed by atoms with Gasteiger partial charge in [0.05, 0.1) is 7.11 Å². The van der Waals surface area contributed by atoms with E-state index < -0.39 is 6.10 Å². The van der Waals surface area contributed by atoms with Gasteiger partial charge in [0.25, 0.3) is 0 Å². The van der Waals surface area contributed by atoms with Crippen molar-refractivity contribution in [2.45, 2.75) is 12.6 Å². The first-order valence-corrected chi connectivity index (χ1v) is 11.6. The van der Waals surface area contributed by atoms with Gasteiger partial charge in [0, 0.05) is 62.3 Å². The number of ether oxygens (including phenoxy) is 2. The maximum atomic E-state index is 10.3. The molecular weight excluding hydrogens is 368 g/mol. The van der Waals surface area contributed by atoms with Crippen LogP contribution in [0.3, 0.4) is 0 Å². The molecule has 5 nitrogen and oxygen atoms in total. The van der Waals surface area contributed by atoms with Gasteiger partial charge in [-0.15, -0.1) is 0 Å². The second kappa shape index (κ2) is 10.7. The molecule has 0 spiro atoms. The van der Waals surface area contributed by atoms with Crippen LogP contribution in [0, 0.1) is 0 Å². The molecule has 2 fully saturated rings. The van der Waals surface area contributed by atoms with E-state index in [4.69, 9.17) is 9.47 Å². The predicted octanol–water partition coefficient (Wildman–Crippen LogP) is 2.03. The van der Waals surface area contributed by atoms with E-state index in [2.05, 4.69) is 21.9 Å². The highest BCUT2D eigenvalue weighted by Gasteiger charge is 2.17. The van der Waals surface area contributed by atoms with Crippen molar-refractivity contribution in [2.24, 2.45) is 0 Å². The lowest BCUT2D eigenvalue weighted by Gasteiger charge is -2.28. The number of β-amino-alcohol motifs (C(OH)–C–C–N with tert-alkyl or cyclic N) is 1. The van der Waals surface area contributed by atoms with E-state index in [9.17, 15) is 5.11 Å². The van der Waals surface area contributed by atoms with Crippen molar-refractivity contribution < 1.29 is 14.6 Å². The molecule has 0 unspecified atom stereocenters. The van der Waals surface area contributed by atoms with Crippen LogP contribution < -0.4 is 9.47 Å². The predicted molar refractivity (Wildman–Crippen MR) is 111 cm³/mol. The first kappa shape index (κ1) is 20.1. The Labute approximate surface area is 165 Å². The van der Waals surface area contributed by atoms with Gasteiger partial charge in [-0.05, 0) is 17.7 Å². The average molecular weight is 399 g/mol. The fourth-order valence-corrected chi connectivity index (χ4v) is 5.22. The van der Waals surface area contributed by atoms with Crippen molar-refractivity contribution in [2.75, 3.05) is 69.5 Å². The van der Waals surface area contributed by atoms with Gasteiger partial charge < -0.3 is 14.6 Å². The molecule has 7 heteroatoms. The minimum atomic E-state index is -0.478. The van der Waals surface area contributed by atoms with Crippen LogP contribution in [0.5, 0.6) is 11.5 Å². The normalized spacial score (nSPS) is 20.7. The maximum absolute atomic E-state index is 10.3. The van der Waals surface area contributed by atoms with E-state index in [0.29, 0.717) is 18.9 Å². The topological polar surface area (TPSA) is 45.2 Å². The Morgan fingerprint density at radius 2 is 1.65 bits per heavy atom. The summed E-state index contributed by atoms with van der Waals surface area (Å²) in [6.45, 7) is 6.31. The second-order valence-electron chi connectivity index (χ2n) is 6.75. The first-order chi connectivity index (χ1) is 12.7. The van der Waals surface area contributed by atoms with Crippen molar-refractivity contribution in [3.63, 3.8) is 0 Å². The number of methoxy groups -OCH3 is 1. The molecule has 0 aromatic heterocycles. The zero-order chi connectivity index (χ0) is 18.2. The number of rotatable bonds is 8. The van der Waals surface area contributed by atoms with Gasteiger partial charge in [0.15, 0.2) is 11.5 Å². The molecule has 2 heterocycles. The van der Waals surface area contributed by atoms with E-state index in [1.165, 1.54) is 17.1 Å². The number of thioether (sulfide) groups is 2. The molecule has 0 saturated carbocycles. The van der Waals surface area contributed by atoms with Crippen LogP contribution in [0.4, 0.5) is 0 Å². The molecule has 1 N–H and O–H groups in total. The molecule has 0 aliphatic carbocycles. The van der Waals surface area contributed by atoms with Crippen LogP contribution in [-0.2, 0) is 6.54 Å². The molecule has 1 aromatic carbocycles. The van der Waals surface area contributed by atoms with E-state index in [1.807, 2.05) is 29.6 Å². The third-order valence-electron chi connectivity index (χ3n) is 4.74. The molecule has 2 aliphatic heterocycles. The highest BCUT2D eigenvalue weighted by Crippen LogP contribution is 2.29. The number of benzene rings is 1. The smallest absolute Gasteiger partial charge is 0.161 e. The Morgan fingerprint density at radius 1 is 1.00 bits per heavy atom. The maximum Gasteiger partial charge on any atom is 0.161 e. The molecule has 2 aliphatic rings. The van der Waals surface area contributed by atoms with Crippen molar-refractivity contribution in [1.29, 1.82) is 0 Å². The summed E-state index contributed by atoms with van der Waals surface area (Å²) in [5.74, 6) is 6.18. The lowest BCUT2D eigenvalue weighted by molar-refractivity contribution is 0.0704. The summed E-state index contributed by atoms with van der Waals surface area (Å²) in [5, 5.41) is 10.3. The number of hydrogen-bond donors (Lipinski definition) is 1. The SMILES string of the molecule is COc1cc(CN2CCSCC2)ccc1OC[C@H](O)CN1CCSCC1. The minimum absolute atomic E-state index is 0.294. The Bertz CT molecular complexity index is 550. The third-order valence-corrected chi connectivity index (χ3v) is 6.63. The molecule has 1 aromatic rings. The van der Waals surface area contributed by atoms with Crippen molar-refractivity contribution >= 4 is 23.5 Å². The summed E-state index contributed by atoms with van der Waals surface area (Å²) in [5.41, 5.74) is 1.24. The molecule has 2 saturated heterocycles. The average Bonchev–Trinajstić information content (AvgIpc) is 2.68. The van der Waals surface area contributed by atoms with E-state index >= 15 is 0 Å². The summed E-state index contributed by atoms with van der Waals surface area (Å²) < 4.78 is 11.4. The fraction of sp³-hybridized carbons (Fsp3) is 0.684. The Hall–Kier alpha value is -0.600. The number of aliphatic hydroxyl groups is 1. The van der Waals surface area contributed by atoms with Gasteiger partial charge in [0.2, 0.25) is 0 Å². The Kier molecular flexibility index (Phi) is 8.26. The number of aliphatic hydroxyl groups excluding tert-OH is 1. The monoisotopic (exact) mass is 398 g/mol. The molecule has 0 amide bonds. The van der Waals surface area contributed by atoms with Gasteiger partial charge in [-0.3, -0.25) is 9.80 Å². The summed E-state index contributed by atoms with van der Waals surface area (Å²) in [4.78, 5) is 4.79. The zero-order valence-corrected chi connectivity index (χ0v) is 17.2. The highest BCUT2D eigenvalue weighted by atomic mass is 32.2. The van der Waals surface area contributed by atoms with E-state index in [1.54, 1.807) is 7.11 Å². The van der Waals surface area contributed by atoms with Gasteiger partial charge in [-0.25, -0.2) is 0 Å². The molecule has 0 bridgehead atoms. The minimum Gasteiger partial charge on any atom is -0.493 e. The summed E-state index contributed by atoms with van der Waals surface area (Å²) in [6.07, 6.45) is -0.478. The fourth-order valence-electron chi connectivity index (χ4n) is 3.27. The van der Waals surface area contributed by atoms with Gasteiger partial charge in [0.1, 0.15) is 12.7 Å². The largest absolute Gasteiger partial charge is 0.493 e.